The summed E-state index contributed by atoms with van der Waals surface area (Å²) in [5, 5.41) is 4.59. The van der Waals surface area contributed by atoms with E-state index >= 15 is 0 Å². The van der Waals surface area contributed by atoms with E-state index in [0.717, 1.165) is 94.5 Å². The first-order valence-corrected chi connectivity index (χ1v) is 20.0. The van der Waals surface area contributed by atoms with Gasteiger partial charge in [-0.15, -0.1) is 0 Å². The Bertz CT molecular complexity index is 3250. The summed E-state index contributed by atoms with van der Waals surface area (Å²) in [6.45, 7) is 0. The fourth-order valence-corrected chi connectivity index (χ4v) is 8.37. The van der Waals surface area contributed by atoms with Gasteiger partial charge in [-0.25, -0.2) is 9.97 Å². The number of furan rings is 1. The van der Waals surface area contributed by atoms with Crippen LogP contribution >= 0.6 is 0 Å². The molecular weight excluding hydrogens is 717 g/mol. The lowest BCUT2D eigenvalue weighted by atomic mass is 9.91. The summed E-state index contributed by atoms with van der Waals surface area (Å²) >= 11 is 0. The molecule has 11 rings (SSSR count). The Morgan fingerprint density at radius 3 is 1.42 bits per heavy atom. The molecule has 59 heavy (non-hydrogen) atoms. The van der Waals surface area contributed by atoms with E-state index in [2.05, 4.69) is 188 Å². The molecule has 0 unspecified atom stereocenters. The average Bonchev–Trinajstić information content (AvgIpc) is 3.71. The first kappa shape index (κ1) is 34.4. The SMILES string of the molecule is c1ccc(-c2cc(-c3ccccc3)cc(-c3cc(-c4cc(-c5cccc6ccccc56)cc(-c5cccc6c5oc5ccccc56)c4)nc(-c4ccccc4)n3)c2)cc1. The number of rotatable bonds is 7. The Kier molecular flexibility index (Phi) is 8.49. The van der Waals surface area contributed by atoms with Gasteiger partial charge in [-0.3, -0.25) is 0 Å². The summed E-state index contributed by atoms with van der Waals surface area (Å²) in [5.74, 6) is 0.668. The van der Waals surface area contributed by atoms with Crippen LogP contribution in [0, 0.1) is 0 Å². The third kappa shape index (κ3) is 6.45. The molecule has 0 fully saturated rings. The van der Waals surface area contributed by atoms with Crippen molar-refractivity contribution in [3.8, 4) is 78.4 Å². The highest BCUT2D eigenvalue weighted by atomic mass is 16.3. The molecule has 3 heteroatoms. The van der Waals surface area contributed by atoms with Gasteiger partial charge in [0.05, 0.1) is 11.4 Å². The lowest BCUT2D eigenvalue weighted by Gasteiger charge is -2.15. The molecule has 276 valence electrons. The van der Waals surface area contributed by atoms with E-state index in [-0.39, 0.29) is 0 Å². The number of hydrogen-bond acceptors (Lipinski definition) is 3. The van der Waals surface area contributed by atoms with Crippen molar-refractivity contribution in [2.75, 3.05) is 0 Å². The Hall–Kier alpha value is -7.88. The van der Waals surface area contributed by atoms with Crippen molar-refractivity contribution in [3.63, 3.8) is 0 Å². The van der Waals surface area contributed by atoms with E-state index in [1.165, 1.54) is 10.8 Å². The molecular formula is C56H36N2O. The van der Waals surface area contributed by atoms with Crippen LogP contribution < -0.4 is 0 Å². The molecule has 3 nitrogen and oxygen atoms in total. The molecule has 0 amide bonds. The first-order valence-electron chi connectivity index (χ1n) is 20.0. The Morgan fingerprint density at radius 2 is 0.746 bits per heavy atom. The zero-order chi connectivity index (χ0) is 39.1. The van der Waals surface area contributed by atoms with Gasteiger partial charge in [0.2, 0.25) is 0 Å². The summed E-state index contributed by atoms with van der Waals surface area (Å²) in [6.07, 6.45) is 0. The summed E-state index contributed by atoms with van der Waals surface area (Å²) in [7, 11) is 0. The van der Waals surface area contributed by atoms with Gasteiger partial charge >= 0.3 is 0 Å². The van der Waals surface area contributed by atoms with Crippen LogP contribution in [0.4, 0.5) is 0 Å². The van der Waals surface area contributed by atoms with E-state index in [9.17, 15) is 0 Å². The van der Waals surface area contributed by atoms with Crippen molar-refractivity contribution in [2.45, 2.75) is 0 Å². The van der Waals surface area contributed by atoms with Gasteiger partial charge < -0.3 is 4.42 Å². The fourth-order valence-electron chi connectivity index (χ4n) is 8.37. The van der Waals surface area contributed by atoms with E-state index in [1.54, 1.807) is 0 Å². The van der Waals surface area contributed by atoms with Crippen LogP contribution in [0.1, 0.15) is 0 Å². The average molecular weight is 753 g/mol. The minimum atomic E-state index is 0.668. The molecule has 2 heterocycles. The maximum absolute atomic E-state index is 6.62. The number of hydrogen-bond donors (Lipinski definition) is 0. The van der Waals surface area contributed by atoms with Crippen molar-refractivity contribution >= 4 is 32.7 Å². The van der Waals surface area contributed by atoms with E-state index < -0.39 is 0 Å². The molecule has 9 aromatic carbocycles. The third-order valence-corrected chi connectivity index (χ3v) is 11.2. The molecule has 0 atom stereocenters. The molecule has 0 radical (unpaired) electrons. The van der Waals surface area contributed by atoms with Crippen LogP contribution in [0.2, 0.25) is 0 Å². The van der Waals surface area contributed by atoms with Crippen LogP contribution in [-0.4, -0.2) is 9.97 Å². The predicted octanol–water partition coefficient (Wildman–Crippen LogP) is 15.2. The largest absolute Gasteiger partial charge is 0.455 e. The standard InChI is InChI=1S/C56H36N2O/c1-4-16-37(17-5-1)41-30-42(38-18-6-2-7-19-38)32-45(31-41)52-36-53(58-56(57-52)40-21-8-3-9-22-40)46-34-43(48-26-14-23-39-20-10-11-24-47(39)48)33-44(35-46)49-27-15-28-51-50-25-12-13-29-54(50)59-55(49)51/h1-36H. The normalized spacial score (nSPS) is 11.4. The Balaban J connectivity index is 1.17. The summed E-state index contributed by atoms with van der Waals surface area (Å²) in [6, 6.07) is 77.0. The van der Waals surface area contributed by atoms with Crippen LogP contribution in [0.15, 0.2) is 223 Å². The topological polar surface area (TPSA) is 38.9 Å². The molecule has 0 aliphatic carbocycles. The summed E-state index contributed by atoms with van der Waals surface area (Å²) < 4.78 is 6.62. The van der Waals surface area contributed by atoms with Crippen LogP contribution in [0.3, 0.4) is 0 Å². The molecule has 0 aliphatic rings. The summed E-state index contributed by atoms with van der Waals surface area (Å²) in [5.41, 5.74) is 15.3. The second-order valence-electron chi connectivity index (χ2n) is 15.0. The zero-order valence-corrected chi connectivity index (χ0v) is 32.1. The highest BCUT2D eigenvalue weighted by Gasteiger charge is 2.18. The number of aromatic nitrogens is 2. The van der Waals surface area contributed by atoms with Gasteiger partial charge in [0, 0.05) is 33.0 Å². The van der Waals surface area contributed by atoms with E-state index in [1.807, 2.05) is 30.3 Å². The second-order valence-corrected chi connectivity index (χ2v) is 15.0. The van der Waals surface area contributed by atoms with E-state index in [4.69, 9.17) is 14.4 Å². The molecule has 0 N–H and O–H groups in total. The summed E-state index contributed by atoms with van der Waals surface area (Å²) in [4.78, 5) is 10.7. The molecule has 0 saturated carbocycles. The molecule has 0 aliphatic heterocycles. The highest BCUT2D eigenvalue weighted by Crippen LogP contribution is 2.41. The fraction of sp³-hybridized carbons (Fsp3) is 0. The number of para-hydroxylation sites is 2. The lowest BCUT2D eigenvalue weighted by Crippen LogP contribution is -1.97. The number of fused-ring (bicyclic) bond motifs is 4. The number of benzene rings is 9. The minimum absolute atomic E-state index is 0.668. The smallest absolute Gasteiger partial charge is 0.160 e. The minimum Gasteiger partial charge on any atom is -0.455 e. The predicted molar refractivity (Wildman–Crippen MR) is 245 cm³/mol. The Labute approximate surface area is 342 Å². The van der Waals surface area contributed by atoms with Crippen molar-refractivity contribution < 1.29 is 4.42 Å². The van der Waals surface area contributed by atoms with Crippen molar-refractivity contribution in [3.05, 3.63) is 218 Å². The van der Waals surface area contributed by atoms with E-state index in [0.29, 0.717) is 5.82 Å². The number of nitrogens with zero attached hydrogens (tertiary/aromatic N) is 2. The van der Waals surface area contributed by atoms with Crippen LogP contribution in [-0.2, 0) is 0 Å². The molecule has 11 aromatic rings. The van der Waals surface area contributed by atoms with Crippen LogP contribution in [0.25, 0.3) is 111 Å². The third-order valence-electron chi connectivity index (χ3n) is 11.2. The Morgan fingerprint density at radius 1 is 0.288 bits per heavy atom. The van der Waals surface area contributed by atoms with Gasteiger partial charge in [0.25, 0.3) is 0 Å². The van der Waals surface area contributed by atoms with Gasteiger partial charge in [0.1, 0.15) is 11.2 Å². The van der Waals surface area contributed by atoms with Crippen molar-refractivity contribution in [1.29, 1.82) is 0 Å². The van der Waals surface area contributed by atoms with Gasteiger partial charge in [-0.05, 0) is 98.2 Å². The van der Waals surface area contributed by atoms with Gasteiger partial charge in [-0.2, -0.15) is 0 Å². The maximum atomic E-state index is 6.62. The zero-order valence-electron chi connectivity index (χ0n) is 32.1. The quantitative estimate of drug-likeness (QED) is 0.163. The van der Waals surface area contributed by atoms with Crippen LogP contribution in [0.5, 0.6) is 0 Å². The molecule has 0 saturated heterocycles. The molecule has 0 bridgehead atoms. The molecule has 2 aromatic heterocycles. The second kappa shape index (κ2) is 14.6. The maximum Gasteiger partial charge on any atom is 0.160 e. The molecule has 0 spiro atoms. The monoisotopic (exact) mass is 752 g/mol. The lowest BCUT2D eigenvalue weighted by molar-refractivity contribution is 0.670. The highest BCUT2D eigenvalue weighted by molar-refractivity contribution is 6.10. The van der Waals surface area contributed by atoms with Crippen molar-refractivity contribution in [1.82, 2.24) is 9.97 Å². The first-order chi connectivity index (χ1) is 29.2. The van der Waals surface area contributed by atoms with Gasteiger partial charge in [0.15, 0.2) is 5.82 Å². The van der Waals surface area contributed by atoms with Gasteiger partial charge in [-0.1, -0.05) is 170 Å². The van der Waals surface area contributed by atoms with Crippen molar-refractivity contribution in [2.24, 2.45) is 0 Å².